The van der Waals surface area contributed by atoms with Crippen LogP contribution in [0.1, 0.15) is 70.8 Å². The average molecular weight is 1010 g/mol. The van der Waals surface area contributed by atoms with E-state index in [-0.39, 0.29) is 91.3 Å². The maximum Gasteiger partial charge on any atom is 0.324 e. The number of carbonyl (C=O) groups is 5. The van der Waals surface area contributed by atoms with Gasteiger partial charge in [0.1, 0.15) is 18.1 Å². The minimum absolute atomic E-state index is 0. The number of aryl methyl sites for hydroxylation is 1. The molecule has 0 unspecified atom stereocenters. The summed E-state index contributed by atoms with van der Waals surface area (Å²) in [5.74, 6) is -2.68. The predicted octanol–water partition coefficient (Wildman–Crippen LogP) is 5.55. The number of fused-ring (bicyclic) bond motifs is 6. The Labute approximate surface area is 428 Å². The number of aromatic nitrogens is 3. The van der Waals surface area contributed by atoms with Crippen LogP contribution in [0.3, 0.4) is 0 Å². The molecule has 3 aliphatic rings. The summed E-state index contributed by atoms with van der Waals surface area (Å²) in [6.45, 7) is 15.7. The van der Waals surface area contributed by atoms with Crippen molar-refractivity contribution >= 4 is 94.5 Å². The van der Waals surface area contributed by atoms with Crippen LogP contribution in [0.15, 0.2) is 67.5 Å². The summed E-state index contributed by atoms with van der Waals surface area (Å²) in [7, 11) is 3.26. The number of hydrazine groups is 1. The van der Waals surface area contributed by atoms with Crippen molar-refractivity contribution in [1.82, 2.24) is 40.1 Å². The third-order valence-electron chi connectivity index (χ3n) is 12.8. The molecule has 19 heteroatoms. The van der Waals surface area contributed by atoms with Crippen LogP contribution in [0.25, 0.3) is 33.3 Å². The molecule has 4 amide bonds. The molecule has 0 saturated carbocycles. The molecule has 6 bridgehead atoms. The van der Waals surface area contributed by atoms with Gasteiger partial charge < -0.3 is 29.2 Å². The predicted molar refractivity (Wildman–Crippen MR) is 285 cm³/mol. The number of esters is 1. The highest BCUT2D eigenvalue weighted by atomic mass is 32.1. The van der Waals surface area contributed by atoms with Gasteiger partial charge in [0, 0.05) is 86.7 Å². The Balaban J connectivity index is 0.00000306. The summed E-state index contributed by atoms with van der Waals surface area (Å²) >= 11 is 0. The molecule has 372 valence electrons. The van der Waals surface area contributed by atoms with Gasteiger partial charge in [0.15, 0.2) is 0 Å². The molecule has 2 N–H and O–H groups in total. The second kappa shape index (κ2) is 24.8. The van der Waals surface area contributed by atoms with Crippen molar-refractivity contribution in [3.05, 3.63) is 84.5 Å². The summed E-state index contributed by atoms with van der Waals surface area (Å²) < 4.78 is 14.0. The zero-order valence-electron chi connectivity index (χ0n) is 40.2. The smallest absolute Gasteiger partial charge is 0.324 e. The van der Waals surface area contributed by atoms with E-state index < -0.39 is 47.2 Å². The molecule has 6 heterocycles. The third-order valence-corrected chi connectivity index (χ3v) is 12.8. The molecule has 0 spiro atoms. The SMILES string of the molecule is C=CC(=O)N1CC[C@H](C(=O)N(C)[C@H](C(=O)N[C@H]2Cc3cc(ccn3)-c3ccc4c(c3)c(c(-c3cccnc3COC)n4CC)CC(C)(C)COC(=O)[C@@H]3CCCN(N3)C2=O)C(C)C)C1.S.S.S.S. The lowest BCUT2D eigenvalue weighted by Crippen LogP contribution is -2.62. The first-order valence-electron chi connectivity index (χ1n) is 22.4. The Kier molecular flexibility index (Phi) is 21.1. The number of amides is 4. The highest BCUT2D eigenvalue weighted by molar-refractivity contribution is 7.59. The molecule has 0 aliphatic carbocycles. The van der Waals surface area contributed by atoms with Crippen molar-refractivity contribution in [2.75, 3.05) is 40.4 Å². The molecule has 4 aromatic rings. The van der Waals surface area contributed by atoms with Crippen LogP contribution in [0.5, 0.6) is 0 Å². The minimum atomic E-state index is -1.11. The molecule has 4 atom stereocenters. The van der Waals surface area contributed by atoms with Crippen molar-refractivity contribution in [3.8, 4) is 22.4 Å². The molecular weight excluding hydrogens is 941 g/mol. The topological polar surface area (TPSA) is 168 Å². The normalized spacial score (nSPS) is 19.5. The minimum Gasteiger partial charge on any atom is -0.464 e. The van der Waals surface area contributed by atoms with Gasteiger partial charge in [-0.25, -0.2) is 5.43 Å². The van der Waals surface area contributed by atoms with Gasteiger partial charge in [-0.2, -0.15) is 54.0 Å². The van der Waals surface area contributed by atoms with Crippen LogP contribution in [-0.4, -0.2) is 117 Å². The molecule has 0 radical (unpaired) electrons. The number of cyclic esters (lactones) is 1. The molecule has 3 aliphatic heterocycles. The summed E-state index contributed by atoms with van der Waals surface area (Å²) in [6.07, 6.45) is 6.82. The van der Waals surface area contributed by atoms with E-state index in [0.29, 0.717) is 57.6 Å². The fourth-order valence-corrected chi connectivity index (χ4v) is 9.60. The first kappa shape index (κ1) is 57.8. The van der Waals surface area contributed by atoms with Gasteiger partial charge in [0.25, 0.3) is 5.91 Å². The molecule has 2 saturated heterocycles. The number of nitrogens with one attached hydrogen (secondary N) is 2. The maximum absolute atomic E-state index is 14.6. The van der Waals surface area contributed by atoms with Gasteiger partial charge >= 0.3 is 5.97 Å². The number of carbonyl (C=O) groups excluding carboxylic acids is 5. The van der Waals surface area contributed by atoms with Crippen LogP contribution in [0.4, 0.5) is 0 Å². The maximum atomic E-state index is 14.6. The van der Waals surface area contributed by atoms with Crippen LogP contribution in [0, 0.1) is 17.3 Å². The number of methoxy groups -OCH3 is 1. The van der Waals surface area contributed by atoms with Gasteiger partial charge in [0.05, 0.1) is 30.5 Å². The van der Waals surface area contributed by atoms with Gasteiger partial charge in [-0.15, -0.1) is 0 Å². The number of hydrogen-bond acceptors (Lipinski definition) is 10. The summed E-state index contributed by atoms with van der Waals surface area (Å²) in [6, 6.07) is 11.5. The quantitative estimate of drug-likeness (QED) is 0.152. The first-order valence-corrected chi connectivity index (χ1v) is 22.4. The highest BCUT2D eigenvalue weighted by Crippen LogP contribution is 2.41. The van der Waals surface area contributed by atoms with Crippen LogP contribution in [-0.2, 0) is 59.4 Å². The van der Waals surface area contributed by atoms with E-state index in [0.717, 1.165) is 44.5 Å². The zero-order chi connectivity index (χ0) is 45.9. The fourth-order valence-electron chi connectivity index (χ4n) is 9.60. The number of hydrogen-bond donors (Lipinski definition) is 2. The largest absolute Gasteiger partial charge is 0.464 e. The van der Waals surface area contributed by atoms with Crippen molar-refractivity contribution in [2.24, 2.45) is 17.3 Å². The molecule has 15 nitrogen and oxygen atoms in total. The number of pyridine rings is 2. The van der Waals surface area contributed by atoms with E-state index >= 15 is 0 Å². The van der Waals surface area contributed by atoms with Crippen LogP contribution < -0.4 is 10.7 Å². The summed E-state index contributed by atoms with van der Waals surface area (Å²) in [5.41, 5.74) is 10.0. The third kappa shape index (κ3) is 12.4. The van der Waals surface area contributed by atoms with Gasteiger partial charge in [0.2, 0.25) is 17.7 Å². The van der Waals surface area contributed by atoms with E-state index in [4.69, 9.17) is 19.4 Å². The van der Waals surface area contributed by atoms with Gasteiger partial charge in [-0.3, -0.25) is 38.9 Å². The highest BCUT2D eigenvalue weighted by Gasteiger charge is 2.40. The van der Waals surface area contributed by atoms with E-state index in [1.165, 1.54) is 16.0 Å². The van der Waals surface area contributed by atoms with E-state index in [2.05, 4.69) is 66.9 Å². The Morgan fingerprint density at radius 2 is 1.76 bits per heavy atom. The van der Waals surface area contributed by atoms with Crippen molar-refractivity contribution < 1.29 is 33.4 Å². The van der Waals surface area contributed by atoms with Crippen LogP contribution >= 0.6 is 54.0 Å². The second-order valence-corrected chi connectivity index (χ2v) is 18.4. The van der Waals surface area contributed by atoms with Crippen molar-refractivity contribution in [1.29, 1.82) is 0 Å². The van der Waals surface area contributed by atoms with Gasteiger partial charge in [-0.05, 0) is 97.7 Å². The number of rotatable bonds is 10. The molecule has 1 aromatic carbocycles. The molecule has 2 fully saturated rings. The van der Waals surface area contributed by atoms with E-state index in [1.807, 2.05) is 32.0 Å². The van der Waals surface area contributed by atoms with Crippen molar-refractivity contribution in [3.63, 3.8) is 0 Å². The van der Waals surface area contributed by atoms with Gasteiger partial charge in [-0.1, -0.05) is 40.3 Å². The number of likely N-dealkylation sites (tertiary alicyclic amines) is 1. The number of ether oxygens (including phenoxy) is 2. The lowest BCUT2D eigenvalue weighted by molar-refractivity contribution is -0.155. The first-order chi connectivity index (χ1) is 30.6. The monoisotopic (exact) mass is 1010 g/mol. The van der Waals surface area contributed by atoms with E-state index in [9.17, 15) is 24.0 Å². The lowest BCUT2D eigenvalue weighted by atomic mass is 9.84. The zero-order valence-corrected chi connectivity index (χ0v) is 44.2. The molecule has 3 aromatic heterocycles. The Bertz CT molecular complexity index is 2450. The van der Waals surface area contributed by atoms with E-state index in [1.54, 1.807) is 31.5 Å². The average Bonchev–Trinajstić information content (AvgIpc) is 3.90. The summed E-state index contributed by atoms with van der Waals surface area (Å²) in [5, 5.41) is 5.48. The fraction of sp³-hybridized carbons (Fsp3) is 0.490. The standard InChI is InChI=1S/C49H62N8O7.4H2S/c1-9-42(58)55-22-18-33(27-55)46(60)54(7)43(30(3)4)45(59)52-39-25-34-23-32(17-20-50-34)31-15-16-41-36(24-31)37(44(56(41)10-2)35-13-11-19-51-40(35)28-63-8)26-49(5,6)29-64-48(62)38-14-12-21-57(53-38)47(39)61;;;;/h9,11,13,15-17,19-20,23-24,30,33,38-39,43,53H,1,10,12,14,18,21-22,25-29H2,2-8H3,(H,52,59);4*1H2/t33-,38-,39-,43-;;;;/m0..../s1. The molecular formula is C49H70N8O7S4. The number of benzene rings is 1. The van der Waals surface area contributed by atoms with Crippen LogP contribution in [0.2, 0.25) is 0 Å². The molecule has 7 rings (SSSR count). The Morgan fingerprint density at radius 3 is 2.46 bits per heavy atom. The van der Waals surface area contributed by atoms with Crippen molar-refractivity contribution in [2.45, 2.75) is 98.0 Å². The molecule has 68 heavy (non-hydrogen) atoms. The lowest BCUT2D eigenvalue weighted by Gasteiger charge is -2.37. The second-order valence-electron chi connectivity index (χ2n) is 18.4. The Morgan fingerprint density at radius 1 is 1.03 bits per heavy atom. The summed E-state index contributed by atoms with van der Waals surface area (Å²) in [4.78, 5) is 81.6. The number of nitrogens with zero attached hydrogens (tertiary/aromatic N) is 6. The number of likely N-dealkylation sites (N-methyl/N-ethyl adjacent to an activating group) is 1. The Hall–Kier alpha value is -4.53.